The van der Waals surface area contributed by atoms with Crippen LogP contribution in [0.2, 0.25) is 0 Å². The van der Waals surface area contributed by atoms with Crippen molar-refractivity contribution < 1.29 is 24.5 Å². The van der Waals surface area contributed by atoms with E-state index < -0.39 is 0 Å². The summed E-state index contributed by atoms with van der Waals surface area (Å²) >= 11 is 0. The molecule has 3 aromatic heterocycles. The maximum Gasteiger partial charge on any atom is 0.121 e. The van der Waals surface area contributed by atoms with Gasteiger partial charge in [-0.2, -0.15) is 0 Å². The van der Waals surface area contributed by atoms with Crippen molar-refractivity contribution in [2.24, 2.45) is 0 Å². The monoisotopic (exact) mass is 641 g/mol. The molecule has 3 heterocycles. The predicted octanol–water partition coefficient (Wildman–Crippen LogP) is 8.15. The number of hydrogen-bond acceptors (Lipinski definition) is 3. The van der Waals surface area contributed by atoms with Gasteiger partial charge >= 0.3 is 0 Å². The third-order valence-corrected chi connectivity index (χ3v) is 5.89. The number of benzene rings is 4. The van der Waals surface area contributed by atoms with E-state index in [1.54, 1.807) is 12.4 Å². The third-order valence-electron chi connectivity index (χ3n) is 5.89. The summed E-state index contributed by atoms with van der Waals surface area (Å²) in [5.74, 6) is 0. The van der Waals surface area contributed by atoms with Crippen molar-refractivity contribution in [3.8, 4) is 22.5 Å². The number of nitrogens with zero attached hydrogens (tertiary/aromatic N) is 2. The van der Waals surface area contributed by atoms with Crippen LogP contribution in [-0.4, -0.2) is 9.97 Å². The van der Waals surface area contributed by atoms with Gasteiger partial charge in [0.1, 0.15) is 5.58 Å². The van der Waals surface area contributed by atoms with Crippen LogP contribution in [0.15, 0.2) is 126 Å². The van der Waals surface area contributed by atoms with Gasteiger partial charge in [-0.05, 0) is 40.4 Å². The second-order valence-corrected chi connectivity index (χ2v) is 8.06. The molecule has 7 rings (SSSR count). The minimum absolute atomic E-state index is 0. The van der Waals surface area contributed by atoms with Crippen LogP contribution in [-0.2, 0) is 20.1 Å². The zero-order valence-corrected chi connectivity index (χ0v) is 21.6. The third kappa shape index (κ3) is 4.57. The quantitative estimate of drug-likeness (QED) is 0.179. The molecule has 7 aromatic rings. The molecule has 1 radical (unpaired) electrons. The molecule has 0 N–H and O–H groups in total. The Morgan fingerprint density at radius 2 is 1.33 bits per heavy atom. The molecule has 0 aliphatic rings. The minimum Gasteiger partial charge on any atom is -0.501 e. The van der Waals surface area contributed by atoms with Crippen LogP contribution < -0.4 is 0 Å². The fourth-order valence-electron chi connectivity index (χ4n) is 4.29. The number of pyridine rings is 2. The van der Waals surface area contributed by atoms with Crippen molar-refractivity contribution in [1.29, 1.82) is 0 Å². The average molecular weight is 641 g/mol. The second kappa shape index (κ2) is 10.7. The van der Waals surface area contributed by atoms with Gasteiger partial charge < -0.3 is 14.4 Å². The van der Waals surface area contributed by atoms with Crippen molar-refractivity contribution in [1.82, 2.24) is 9.97 Å². The van der Waals surface area contributed by atoms with Gasteiger partial charge in [0.05, 0.1) is 5.58 Å². The summed E-state index contributed by atoms with van der Waals surface area (Å²) in [6.45, 7) is 0. The standard InChI is InChI=1S/C21H12NO.C11H8N.Ir/c1-2-7-15-14(6-1)11-12-19-20(15)17-9-5-8-16(21(17)23-19)18-10-3-4-13-22-18;1-2-6-10(7-3-1)11-8-4-5-9-12-11;/h1-7,9-13H;1-6,8-9H;/q2*-1;. The van der Waals surface area contributed by atoms with Crippen molar-refractivity contribution in [3.63, 3.8) is 0 Å². The molecule has 0 unspecified atom stereocenters. The molecular weight excluding hydrogens is 621 g/mol. The number of hydrogen-bond donors (Lipinski definition) is 0. The molecule has 0 aliphatic carbocycles. The van der Waals surface area contributed by atoms with Gasteiger partial charge in [0.15, 0.2) is 0 Å². The minimum atomic E-state index is 0. The van der Waals surface area contributed by atoms with Crippen LogP contribution in [0.5, 0.6) is 0 Å². The number of furan rings is 1. The summed E-state index contributed by atoms with van der Waals surface area (Å²) in [7, 11) is 0. The zero-order chi connectivity index (χ0) is 23.5. The Morgan fingerprint density at radius 3 is 2.08 bits per heavy atom. The molecule has 0 bridgehead atoms. The molecule has 0 fully saturated rings. The van der Waals surface area contributed by atoms with E-state index in [0.717, 1.165) is 44.5 Å². The van der Waals surface area contributed by atoms with E-state index in [0.29, 0.717) is 0 Å². The molecule has 0 spiro atoms. The molecule has 175 valence electrons. The Morgan fingerprint density at radius 1 is 0.583 bits per heavy atom. The van der Waals surface area contributed by atoms with E-state index in [-0.39, 0.29) is 20.1 Å². The molecule has 3 nitrogen and oxygen atoms in total. The first-order valence-electron chi connectivity index (χ1n) is 11.4. The molecule has 4 heteroatoms. The van der Waals surface area contributed by atoms with Gasteiger partial charge in [-0.15, -0.1) is 54.1 Å². The maximum absolute atomic E-state index is 6.17. The van der Waals surface area contributed by atoms with Gasteiger partial charge in [0, 0.05) is 37.9 Å². The summed E-state index contributed by atoms with van der Waals surface area (Å²) in [6.07, 6.45) is 3.58. The summed E-state index contributed by atoms with van der Waals surface area (Å²) in [4.78, 5) is 8.66. The molecule has 4 aromatic carbocycles. The normalized spacial score (nSPS) is 10.6. The molecular formula is C32H20IrN2O-2. The SMILES string of the molecule is [Ir].[c-]1ccc2c(oc3ccc4ccccc4c32)c1-c1ccccn1.[c-]1ccccc1-c1ccccn1. The number of rotatable bonds is 2. The van der Waals surface area contributed by atoms with Gasteiger partial charge in [0.2, 0.25) is 0 Å². The zero-order valence-electron chi connectivity index (χ0n) is 19.2. The molecule has 0 amide bonds. The van der Waals surface area contributed by atoms with Crippen molar-refractivity contribution in [3.05, 3.63) is 134 Å². The van der Waals surface area contributed by atoms with E-state index in [1.165, 1.54) is 10.8 Å². The van der Waals surface area contributed by atoms with Crippen molar-refractivity contribution in [2.75, 3.05) is 0 Å². The Labute approximate surface area is 222 Å². The van der Waals surface area contributed by atoms with Gasteiger partial charge in [-0.1, -0.05) is 65.5 Å². The summed E-state index contributed by atoms with van der Waals surface area (Å²) in [6, 6.07) is 42.5. The first kappa shape index (κ1) is 23.6. The van der Waals surface area contributed by atoms with Crippen LogP contribution in [0.3, 0.4) is 0 Å². The Hall–Kier alpha value is -4.11. The van der Waals surface area contributed by atoms with Crippen LogP contribution >= 0.6 is 0 Å². The molecule has 0 saturated carbocycles. The average Bonchev–Trinajstić information content (AvgIpc) is 3.34. The molecule has 36 heavy (non-hydrogen) atoms. The first-order chi connectivity index (χ1) is 17.4. The van der Waals surface area contributed by atoms with E-state index in [2.05, 4.69) is 58.5 Å². The van der Waals surface area contributed by atoms with Crippen molar-refractivity contribution >= 4 is 32.7 Å². The van der Waals surface area contributed by atoms with E-state index in [1.807, 2.05) is 72.8 Å². The van der Waals surface area contributed by atoms with Crippen LogP contribution in [0.25, 0.3) is 55.2 Å². The van der Waals surface area contributed by atoms with Gasteiger partial charge in [-0.25, -0.2) is 0 Å². The Bertz CT molecular complexity index is 1690. The number of fused-ring (bicyclic) bond motifs is 5. The van der Waals surface area contributed by atoms with E-state index in [9.17, 15) is 0 Å². The Kier molecular flexibility index (Phi) is 6.99. The summed E-state index contributed by atoms with van der Waals surface area (Å²) in [5, 5.41) is 4.69. The van der Waals surface area contributed by atoms with Gasteiger partial charge in [-0.3, -0.25) is 0 Å². The fraction of sp³-hybridized carbons (Fsp3) is 0. The maximum atomic E-state index is 6.17. The Balaban J connectivity index is 0.000000175. The smallest absolute Gasteiger partial charge is 0.121 e. The van der Waals surface area contributed by atoms with Crippen LogP contribution in [0, 0.1) is 12.1 Å². The first-order valence-corrected chi connectivity index (χ1v) is 11.4. The molecule has 0 saturated heterocycles. The van der Waals surface area contributed by atoms with Crippen LogP contribution in [0.1, 0.15) is 0 Å². The number of aromatic nitrogens is 2. The van der Waals surface area contributed by atoms with E-state index >= 15 is 0 Å². The topological polar surface area (TPSA) is 38.9 Å². The van der Waals surface area contributed by atoms with Crippen molar-refractivity contribution in [2.45, 2.75) is 0 Å². The summed E-state index contributed by atoms with van der Waals surface area (Å²) in [5.41, 5.74) is 5.54. The largest absolute Gasteiger partial charge is 0.501 e. The van der Waals surface area contributed by atoms with E-state index in [4.69, 9.17) is 4.42 Å². The predicted molar refractivity (Wildman–Crippen MR) is 142 cm³/mol. The molecule has 0 atom stereocenters. The molecule has 0 aliphatic heterocycles. The fourth-order valence-corrected chi connectivity index (χ4v) is 4.29. The van der Waals surface area contributed by atoms with Gasteiger partial charge in [0.25, 0.3) is 0 Å². The second-order valence-electron chi connectivity index (χ2n) is 8.06. The summed E-state index contributed by atoms with van der Waals surface area (Å²) < 4.78 is 6.17. The van der Waals surface area contributed by atoms with Crippen LogP contribution in [0.4, 0.5) is 0 Å².